The van der Waals surface area contributed by atoms with Crippen LogP contribution in [0.2, 0.25) is 0 Å². The zero-order valence-corrected chi connectivity index (χ0v) is 20.1. The van der Waals surface area contributed by atoms with Gasteiger partial charge >= 0.3 is 0 Å². The second-order valence-corrected chi connectivity index (χ2v) is 10.5. The summed E-state index contributed by atoms with van der Waals surface area (Å²) in [7, 11) is 0. The molecule has 3 rings (SSSR count). The van der Waals surface area contributed by atoms with Gasteiger partial charge in [0.1, 0.15) is 0 Å². The summed E-state index contributed by atoms with van der Waals surface area (Å²) in [5.41, 5.74) is 1.86. The van der Waals surface area contributed by atoms with Crippen LogP contribution < -0.4 is 5.32 Å². The largest absolute Gasteiger partial charge is 0.412 e. The van der Waals surface area contributed by atoms with Crippen molar-refractivity contribution < 1.29 is 16.4 Å². The average molecular weight is 463 g/mol. The molecule has 1 heterocycles. The van der Waals surface area contributed by atoms with Gasteiger partial charge < -0.3 is 26.6 Å². The Balaban J connectivity index is 0. The molecule has 1 saturated heterocycles. The third kappa shape index (κ3) is 9.53. The number of nitrogens with one attached hydrogen (secondary N) is 1. The van der Waals surface area contributed by atoms with E-state index in [0.29, 0.717) is 17.4 Å². The summed E-state index contributed by atoms with van der Waals surface area (Å²) in [5, 5.41) is 4.13. The highest BCUT2D eigenvalue weighted by atomic mass is 35.5. The summed E-state index contributed by atoms with van der Waals surface area (Å²) in [6.45, 7) is 12.1. The van der Waals surface area contributed by atoms with Crippen molar-refractivity contribution in [3.05, 3.63) is 23.8 Å². The van der Waals surface area contributed by atoms with Gasteiger partial charge in [0.2, 0.25) is 0 Å². The van der Waals surface area contributed by atoms with Gasteiger partial charge in [0.25, 0.3) is 0 Å². The topological polar surface area (TPSA) is 110 Å². The van der Waals surface area contributed by atoms with Crippen LogP contribution >= 0.6 is 11.6 Å². The van der Waals surface area contributed by atoms with Crippen LogP contribution in [0.15, 0.2) is 23.8 Å². The van der Waals surface area contributed by atoms with Crippen LogP contribution in [0.1, 0.15) is 79.6 Å². The van der Waals surface area contributed by atoms with E-state index < -0.39 is 0 Å². The van der Waals surface area contributed by atoms with E-state index >= 15 is 0 Å². The van der Waals surface area contributed by atoms with Gasteiger partial charge in [0, 0.05) is 19.1 Å². The summed E-state index contributed by atoms with van der Waals surface area (Å²) in [6.07, 6.45) is 17.5. The molecule has 0 amide bonds. The molecule has 2 fully saturated rings. The standard InChI is InChI=1S/C24H41ClN2.CH4.3H2O/c1-4-7-22(26-16-19-8-5-6-9-19)17-27-15-14-23(24(2,3)18-27)20-10-12-21(25)13-11-20;;;;/h10-12,19,21-23,26H,4-9,13-18H2,1-3H3;1H4;3*1H2/t21?,22-,23?;;;;/m1..../s1. The van der Waals surface area contributed by atoms with Gasteiger partial charge in [-0.25, -0.2) is 0 Å². The summed E-state index contributed by atoms with van der Waals surface area (Å²) >= 11 is 6.23. The van der Waals surface area contributed by atoms with Crippen molar-refractivity contribution in [1.29, 1.82) is 0 Å². The number of allylic oxidation sites excluding steroid dienone is 4. The summed E-state index contributed by atoms with van der Waals surface area (Å²) < 4.78 is 0. The summed E-state index contributed by atoms with van der Waals surface area (Å²) in [4.78, 5) is 2.73. The molecule has 0 radical (unpaired) electrons. The Kier molecular flexibility index (Phi) is 16.3. The molecule has 0 aromatic rings. The minimum Gasteiger partial charge on any atom is -0.412 e. The van der Waals surface area contributed by atoms with Crippen molar-refractivity contribution >= 4 is 11.6 Å². The SMILES string of the molecule is C.CCC[C@H](CN1CCC(C2=CCC(Cl)C=C2)C(C)(C)C1)NCC1CCCC1.O.O.O. The molecular weight excluding hydrogens is 412 g/mol. The molecule has 0 bridgehead atoms. The Morgan fingerprint density at radius 2 is 1.84 bits per heavy atom. The molecule has 2 aliphatic carbocycles. The van der Waals surface area contributed by atoms with Crippen LogP contribution in [0.4, 0.5) is 0 Å². The minimum atomic E-state index is 0. The lowest BCUT2D eigenvalue weighted by atomic mass is 9.69. The zero-order chi connectivity index (χ0) is 19.3. The maximum Gasteiger partial charge on any atom is 0.0553 e. The van der Waals surface area contributed by atoms with Crippen LogP contribution in [-0.2, 0) is 0 Å². The predicted molar refractivity (Wildman–Crippen MR) is 136 cm³/mol. The fourth-order valence-electron chi connectivity index (χ4n) is 5.58. The predicted octanol–water partition coefficient (Wildman–Crippen LogP) is 3.94. The molecule has 3 aliphatic rings. The first-order chi connectivity index (χ1) is 13.0. The van der Waals surface area contributed by atoms with Gasteiger partial charge in [-0.3, -0.25) is 0 Å². The number of nitrogens with zero attached hydrogens (tertiary/aromatic N) is 1. The molecule has 0 aromatic heterocycles. The van der Waals surface area contributed by atoms with Crippen LogP contribution in [0, 0.1) is 17.3 Å². The molecule has 1 saturated carbocycles. The first-order valence-electron chi connectivity index (χ1n) is 11.5. The highest BCUT2D eigenvalue weighted by Crippen LogP contribution is 2.41. The number of hydrogen-bond acceptors (Lipinski definition) is 2. The molecule has 0 aromatic carbocycles. The van der Waals surface area contributed by atoms with E-state index in [1.807, 2.05) is 0 Å². The Morgan fingerprint density at radius 3 is 2.39 bits per heavy atom. The highest BCUT2D eigenvalue weighted by Gasteiger charge is 2.38. The molecule has 1 aliphatic heterocycles. The second kappa shape index (κ2) is 15.4. The van der Waals surface area contributed by atoms with Crippen molar-refractivity contribution in [3.63, 3.8) is 0 Å². The van der Waals surface area contributed by atoms with Crippen LogP contribution in [0.5, 0.6) is 0 Å². The Hall–Kier alpha value is -0.430. The number of alkyl halides is 1. The van der Waals surface area contributed by atoms with Crippen LogP contribution in [0.25, 0.3) is 0 Å². The van der Waals surface area contributed by atoms with Crippen molar-refractivity contribution in [1.82, 2.24) is 10.2 Å². The van der Waals surface area contributed by atoms with Crippen molar-refractivity contribution in [2.24, 2.45) is 17.3 Å². The monoisotopic (exact) mass is 462 g/mol. The second-order valence-electron chi connectivity index (χ2n) is 9.92. The molecule has 2 unspecified atom stereocenters. The molecule has 0 spiro atoms. The van der Waals surface area contributed by atoms with E-state index in [1.165, 1.54) is 76.7 Å². The number of likely N-dealkylation sites (tertiary alicyclic amines) is 1. The van der Waals surface area contributed by atoms with E-state index in [1.54, 1.807) is 0 Å². The lowest BCUT2D eigenvalue weighted by molar-refractivity contribution is 0.0663. The lowest BCUT2D eigenvalue weighted by Crippen LogP contribution is -2.51. The van der Waals surface area contributed by atoms with E-state index in [9.17, 15) is 0 Å². The number of halogens is 1. The Bertz CT molecular complexity index is 533. The molecule has 7 N–H and O–H groups in total. The minimum absolute atomic E-state index is 0. The van der Waals surface area contributed by atoms with Crippen molar-refractivity contribution in [2.75, 3.05) is 26.2 Å². The van der Waals surface area contributed by atoms with Crippen molar-refractivity contribution in [3.8, 4) is 0 Å². The Morgan fingerprint density at radius 1 is 1.16 bits per heavy atom. The normalized spacial score (nSPS) is 26.5. The van der Waals surface area contributed by atoms with E-state index in [2.05, 4.69) is 49.2 Å². The first-order valence-corrected chi connectivity index (χ1v) is 11.9. The van der Waals surface area contributed by atoms with Gasteiger partial charge in [-0.2, -0.15) is 0 Å². The quantitative estimate of drug-likeness (QED) is 0.551. The highest BCUT2D eigenvalue weighted by molar-refractivity contribution is 6.22. The number of hydrogen-bond donors (Lipinski definition) is 1. The molecule has 31 heavy (non-hydrogen) atoms. The zero-order valence-electron chi connectivity index (χ0n) is 19.4. The average Bonchev–Trinajstić information content (AvgIpc) is 3.14. The van der Waals surface area contributed by atoms with Gasteiger partial charge in [-0.15, -0.1) is 11.6 Å². The van der Waals surface area contributed by atoms with Crippen molar-refractivity contribution in [2.45, 2.75) is 91.0 Å². The van der Waals surface area contributed by atoms with E-state index in [4.69, 9.17) is 11.6 Å². The molecule has 6 heteroatoms. The summed E-state index contributed by atoms with van der Waals surface area (Å²) in [5.74, 6) is 1.60. The van der Waals surface area contributed by atoms with E-state index in [-0.39, 0.29) is 29.2 Å². The first kappa shape index (κ1) is 32.7. The maximum atomic E-state index is 6.23. The van der Waals surface area contributed by atoms with Crippen LogP contribution in [0.3, 0.4) is 0 Å². The van der Waals surface area contributed by atoms with Gasteiger partial charge in [-0.05, 0) is 68.0 Å². The molecule has 186 valence electrons. The fraction of sp³-hybridized carbons (Fsp3) is 0.840. The third-order valence-corrected chi connectivity index (χ3v) is 7.40. The van der Waals surface area contributed by atoms with Gasteiger partial charge in [0.05, 0.1) is 5.38 Å². The number of piperidine rings is 1. The number of rotatable bonds is 8. The maximum absolute atomic E-state index is 6.23. The van der Waals surface area contributed by atoms with Crippen LogP contribution in [-0.4, -0.2) is 58.9 Å². The van der Waals surface area contributed by atoms with E-state index in [0.717, 1.165) is 12.3 Å². The smallest absolute Gasteiger partial charge is 0.0553 e. The summed E-state index contributed by atoms with van der Waals surface area (Å²) in [6, 6.07) is 0.661. The molecular formula is C25H51ClN2O3. The molecule has 3 atom stereocenters. The third-order valence-electron chi connectivity index (χ3n) is 7.07. The van der Waals surface area contributed by atoms with Gasteiger partial charge in [-0.1, -0.05) is 65.7 Å². The lowest BCUT2D eigenvalue weighted by Gasteiger charge is -2.46. The molecule has 5 nitrogen and oxygen atoms in total. The Labute approximate surface area is 196 Å². The van der Waals surface area contributed by atoms with Gasteiger partial charge in [0.15, 0.2) is 0 Å². The fourth-order valence-corrected chi connectivity index (χ4v) is 5.74.